The van der Waals surface area contributed by atoms with Crippen LogP contribution >= 0.6 is 23.7 Å². The number of nitrogens with one attached hydrogen (secondary N) is 2. The van der Waals surface area contributed by atoms with Crippen molar-refractivity contribution in [3.63, 3.8) is 0 Å². The van der Waals surface area contributed by atoms with Crippen LogP contribution in [-0.2, 0) is 17.6 Å². The number of nitrogens with zero attached hydrogens (tertiary/aromatic N) is 1. The van der Waals surface area contributed by atoms with E-state index in [0.29, 0.717) is 0 Å². The van der Waals surface area contributed by atoms with Gasteiger partial charge in [-0.1, -0.05) is 6.92 Å². The van der Waals surface area contributed by atoms with Crippen molar-refractivity contribution in [3.05, 3.63) is 10.6 Å². The van der Waals surface area contributed by atoms with E-state index in [1.165, 1.54) is 17.0 Å². The Morgan fingerprint density at radius 3 is 2.85 bits per heavy atom. The summed E-state index contributed by atoms with van der Waals surface area (Å²) in [5, 5.41) is 7.12. The molecule has 2 heterocycles. The molecular formula is C14H22ClN3OS. The molecule has 0 radical (unpaired) electrons. The summed E-state index contributed by atoms with van der Waals surface area (Å²) >= 11 is 1.67. The van der Waals surface area contributed by atoms with Crippen molar-refractivity contribution in [3.8, 4) is 0 Å². The molecule has 1 aromatic rings. The number of fused-ring (bicyclic) bond motifs is 1. The first kappa shape index (κ1) is 15.7. The fourth-order valence-electron chi connectivity index (χ4n) is 2.88. The highest BCUT2D eigenvalue weighted by molar-refractivity contribution is 7.15. The van der Waals surface area contributed by atoms with Gasteiger partial charge in [0, 0.05) is 10.8 Å². The lowest BCUT2D eigenvalue weighted by molar-refractivity contribution is -0.120. The second-order valence-corrected chi connectivity index (χ2v) is 6.83. The highest BCUT2D eigenvalue weighted by atomic mass is 35.5. The first-order chi connectivity index (χ1) is 9.22. The smallest absolute Gasteiger partial charge is 0.229 e. The average Bonchev–Trinajstić information content (AvgIpc) is 2.81. The van der Waals surface area contributed by atoms with Crippen molar-refractivity contribution in [2.24, 2.45) is 11.8 Å². The molecule has 4 nitrogen and oxygen atoms in total. The van der Waals surface area contributed by atoms with Gasteiger partial charge in [-0.15, -0.1) is 23.7 Å². The molecule has 20 heavy (non-hydrogen) atoms. The van der Waals surface area contributed by atoms with Crippen LogP contribution in [0.4, 0.5) is 5.13 Å². The van der Waals surface area contributed by atoms with Crippen molar-refractivity contribution in [2.75, 3.05) is 18.4 Å². The van der Waals surface area contributed by atoms with Gasteiger partial charge in [-0.3, -0.25) is 4.79 Å². The van der Waals surface area contributed by atoms with Gasteiger partial charge in [0.05, 0.1) is 5.69 Å². The number of carbonyl (C=O) groups is 1. The highest BCUT2D eigenvalue weighted by Gasteiger charge is 2.24. The summed E-state index contributed by atoms with van der Waals surface area (Å²) in [5.74, 6) is 1.06. The first-order valence-electron chi connectivity index (χ1n) is 7.22. The Hall–Kier alpha value is -0.650. The van der Waals surface area contributed by atoms with Gasteiger partial charge >= 0.3 is 0 Å². The molecule has 2 N–H and O–H groups in total. The maximum absolute atomic E-state index is 12.2. The maximum atomic E-state index is 12.2. The van der Waals surface area contributed by atoms with Crippen LogP contribution < -0.4 is 10.6 Å². The summed E-state index contributed by atoms with van der Waals surface area (Å²) in [4.78, 5) is 18.1. The van der Waals surface area contributed by atoms with E-state index in [4.69, 9.17) is 0 Å². The van der Waals surface area contributed by atoms with Gasteiger partial charge in [-0.2, -0.15) is 0 Å². The van der Waals surface area contributed by atoms with Gasteiger partial charge in [-0.05, 0) is 51.1 Å². The number of thiazole rings is 1. The molecular weight excluding hydrogens is 294 g/mol. The Morgan fingerprint density at radius 2 is 2.10 bits per heavy atom. The normalized spacial score (nSPS) is 22.8. The summed E-state index contributed by atoms with van der Waals surface area (Å²) < 4.78 is 0. The predicted octanol–water partition coefficient (Wildman–Crippen LogP) is 2.63. The Bertz CT molecular complexity index is 471. The monoisotopic (exact) mass is 315 g/mol. The molecule has 2 aliphatic rings. The average molecular weight is 316 g/mol. The third-order valence-electron chi connectivity index (χ3n) is 4.13. The molecule has 1 aliphatic carbocycles. The number of aromatic nitrogens is 1. The van der Waals surface area contributed by atoms with Crippen molar-refractivity contribution in [1.29, 1.82) is 0 Å². The van der Waals surface area contributed by atoms with Crippen LogP contribution in [0.15, 0.2) is 0 Å². The lowest BCUT2D eigenvalue weighted by Crippen LogP contribution is -2.34. The highest BCUT2D eigenvalue weighted by Crippen LogP contribution is 2.32. The molecule has 0 spiro atoms. The zero-order valence-corrected chi connectivity index (χ0v) is 13.4. The number of carbonyl (C=O) groups excluding carboxylic acids is 1. The van der Waals surface area contributed by atoms with Crippen molar-refractivity contribution < 1.29 is 4.79 Å². The molecule has 0 saturated carbocycles. The quantitative estimate of drug-likeness (QED) is 0.882. The molecule has 3 rings (SSSR count). The molecule has 1 amide bonds. The van der Waals surface area contributed by atoms with E-state index in [9.17, 15) is 4.79 Å². The van der Waals surface area contributed by atoms with Gasteiger partial charge in [0.1, 0.15) is 0 Å². The minimum atomic E-state index is 0. The number of hydrogen-bond acceptors (Lipinski definition) is 4. The minimum absolute atomic E-state index is 0. The van der Waals surface area contributed by atoms with E-state index in [1.54, 1.807) is 11.3 Å². The van der Waals surface area contributed by atoms with Crippen LogP contribution in [0.5, 0.6) is 0 Å². The van der Waals surface area contributed by atoms with E-state index < -0.39 is 0 Å². The van der Waals surface area contributed by atoms with E-state index in [2.05, 4.69) is 22.5 Å². The standard InChI is InChI=1S/C14H21N3OS.ClH/c1-9-2-3-11-12(8-9)19-14(16-11)17-13(18)10-4-6-15-7-5-10;/h9-10,15H,2-8H2,1H3,(H,16,17,18);1H. The van der Waals surface area contributed by atoms with Crippen molar-refractivity contribution >= 4 is 34.8 Å². The Kier molecular flexibility index (Phi) is 5.41. The van der Waals surface area contributed by atoms with Crippen LogP contribution in [0.25, 0.3) is 0 Å². The minimum Gasteiger partial charge on any atom is -0.317 e. The third-order valence-corrected chi connectivity index (χ3v) is 5.16. The Labute approximate surface area is 130 Å². The lowest BCUT2D eigenvalue weighted by atomic mass is 9.93. The summed E-state index contributed by atoms with van der Waals surface area (Å²) in [6.07, 6.45) is 5.28. The van der Waals surface area contributed by atoms with E-state index in [1.807, 2.05) is 0 Å². The molecule has 1 fully saturated rings. The zero-order chi connectivity index (χ0) is 13.2. The lowest BCUT2D eigenvalue weighted by Gasteiger charge is -2.20. The molecule has 1 aromatic heterocycles. The number of hydrogen-bond donors (Lipinski definition) is 2. The molecule has 1 aliphatic heterocycles. The second-order valence-electron chi connectivity index (χ2n) is 5.75. The van der Waals surface area contributed by atoms with Gasteiger partial charge in [0.25, 0.3) is 0 Å². The molecule has 112 valence electrons. The largest absolute Gasteiger partial charge is 0.317 e. The van der Waals surface area contributed by atoms with Gasteiger partial charge < -0.3 is 10.6 Å². The van der Waals surface area contributed by atoms with Crippen LogP contribution in [0.1, 0.15) is 36.8 Å². The summed E-state index contributed by atoms with van der Waals surface area (Å²) in [6, 6.07) is 0. The second kappa shape index (κ2) is 6.87. The summed E-state index contributed by atoms with van der Waals surface area (Å²) in [7, 11) is 0. The van der Waals surface area contributed by atoms with E-state index >= 15 is 0 Å². The number of rotatable bonds is 2. The van der Waals surface area contributed by atoms with Gasteiger partial charge in [0.2, 0.25) is 5.91 Å². The van der Waals surface area contributed by atoms with Gasteiger partial charge in [-0.25, -0.2) is 4.98 Å². The zero-order valence-electron chi connectivity index (χ0n) is 11.8. The van der Waals surface area contributed by atoms with Crippen molar-refractivity contribution in [2.45, 2.75) is 39.0 Å². The molecule has 1 unspecified atom stereocenters. The first-order valence-corrected chi connectivity index (χ1v) is 8.04. The molecule has 1 atom stereocenters. The van der Waals surface area contributed by atoms with E-state index in [-0.39, 0.29) is 24.2 Å². The fourth-order valence-corrected chi connectivity index (χ4v) is 4.06. The number of piperidine rings is 1. The van der Waals surface area contributed by atoms with Crippen LogP contribution in [-0.4, -0.2) is 24.0 Å². The SMILES string of the molecule is CC1CCc2nc(NC(=O)C3CCNCC3)sc2C1.Cl. The topological polar surface area (TPSA) is 54.0 Å². The van der Waals surface area contributed by atoms with Gasteiger partial charge in [0.15, 0.2) is 5.13 Å². The van der Waals surface area contributed by atoms with Crippen LogP contribution in [0, 0.1) is 11.8 Å². The Morgan fingerprint density at radius 1 is 1.35 bits per heavy atom. The van der Waals surface area contributed by atoms with E-state index in [0.717, 1.165) is 49.8 Å². The molecule has 6 heteroatoms. The molecule has 0 aromatic carbocycles. The van der Waals surface area contributed by atoms with Crippen LogP contribution in [0.3, 0.4) is 0 Å². The third kappa shape index (κ3) is 3.51. The predicted molar refractivity (Wildman–Crippen MR) is 84.8 cm³/mol. The fraction of sp³-hybridized carbons (Fsp3) is 0.714. The molecule has 1 saturated heterocycles. The van der Waals surface area contributed by atoms with Crippen LogP contribution in [0.2, 0.25) is 0 Å². The summed E-state index contributed by atoms with van der Waals surface area (Å²) in [5.41, 5.74) is 1.21. The number of halogens is 1. The number of amides is 1. The number of anilines is 1. The maximum Gasteiger partial charge on any atom is 0.229 e. The van der Waals surface area contributed by atoms with Crippen molar-refractivity contribution in [1.82, 2.24) is 10.3 Å². The molecule has 0 bridgehead atoms. The number of aryl methyl sites for hydroxylation is 1. The Balaban J connectivity index is 0.00000147. The summed E-state index contributed by atoms with van der Waals surface area (Å²) in [6.45, 7) is 4.18.